The van der Waals surface area contributed by atoms with Crippen molar-refractivity contribution >= 4 is 17.7 Å². The molecule has 0 amide bonds. The molecule has 0 spiro atoms. The van der Waals surface area contributed by atoms with Gasteiger partial charge in [-0.2, -0.15) is 0 Å². The van der Waals surface area contributed by atoms with Crippen molar-refractivity contribution in [3.63, 3.8) is 0 Å². The van der Waals surface area contributed by atoms with Gasteiger partial charge in [-0.25, -0.2) is 0 Å². The van der Waals surface area contributed by atoms with Crippen molar-refractivity contribution in [2.45, 2.75) is 26.7 Å². The average Bonchev–Trinajstić information content (AvgIpc) is 1.87. The van der Waals surface area contributed by atoms with E-state index in [1.165, 1.54) is 12.8 Å². The second kappa shape index (κ2) is 5.66. The molecule has 0 aromatic heterocycles. The fraction of sp³-hybridized carbons (Fsp3) is 0.875. The largest absolute Gasteiger partial charge is 0.372 e. The first kappa shape index (κ1) is 9.89. The van der Waals surface area contributed by atoms with Crippen molar-refractivity contribution in [3.05, 3.63) is 0 Å². The van der Waals surface area contributed by atoms with E-state index in [1.54, 1.807) is 5.49 Å². The molecule has 0 rings (SSSR count). The van der Waals surface area contributed by atoms with Gasteiger partial charge in [-0.05, 0) is 18.8 Å². The van der Waals surface area contributed by atoms with Crippen molar-refractivity contribution in [1.82, 2.24) is 4.90 Å². The molecule has 0 aliphatic rings. The van der Waals surface area contributed by atoms with Crippen LogP contribution in [0.25, 0.3) is 0 Å². The summed E-state index contributed by atoms with van der Waals surface area (Å²) in [5.41, 5.74) is 1.71. The predicted molar refractivity (Wildman–Crippen MR) is 50.4 cm³/mol. The number of hydrogen-bond acceptors (Lipinski definition) is 1. The molecule has 0 bridgehead atoms. The van der Waals surface area contributed by atoms with Crippen LogP contribution in [0.15, 0.2) is 0 Å². The molecular weight excluding hydrogens is 142 g/mol. The molecule has 0 aliphatic carbocycles. The lowest BCUT2D eigenvalue weighted by atomic mass is 10.1. The zero-order chi connectivity index (χ0) is 7.98. The maximum absolute atomic E-state index is 4.75. The molecule has 0 aromatic carbocycles. The van der Waals surface area contributed by atoms with E-state index >= 15 is 0 Å². The van der Waals surface area contributed by atoms with Gasteiger partial charge in [0.2, 0.25) is 0 Å². The third-order valence-electron chi connectivity index (χ3n) is 1.47. The molecule has 0 radical (unpaired) electrons. The third-order valence-corrected chi connectivity index (χ3v) is 1.83. The van der Waals surface area contributed by atoms with E-state index in [4.69, 9.17) is 12.2 Å². The number of nitrogens with zero attached hydrogens (tertiary/aromatic N) is 1. The van der Waals surface area contributed by atoms with Crippen LogP contribution >= 0.6 is 12.2 Å². The maximum atomic E-state index is 4.75. The molecule has 0 unspecified atom stereocenters. The Labute approximate surface area is 69.4 Å². The van der Waals surface area contributed by atoms with Crippen molar-refractivity contribution in [2.75, 3.05) is 13.6 Å². The number of thiocarbonyl (C=S) groups is 1. The standard InChI is InChI=1S/C8H17NS/c1-8(2)5-4-6-9(3)7-10/h7-8H,4-6H2,1-3H3. The van der Waals surface area contributed by atoms with Crippen LogP contribution < -0.4 is 0 Å². The van der Waals surface area contributed by atoms with Crippen molar-refractivity contribution in [1.29, 1.82) is 0 Å². The lowest BCUT2D eigenvalue weighted by Gasteiger charge is -2.12. The van der Waals surface area contributed by atoms with Gasteiger partial charge in [-0.3, -0.25) is 0 Å². The quantitative estimate of drug-likeness (QED) is 0.566. The molecule has 10 heavy (non-hydrogen) atoms. The topological polar surface area (TPSA) is 3.24 Å². The Morgan fingerprint density at radius 2 is 2.10 bits per heavy atom. The van der Waals surface area contributed by atoms with Gasteiger partial charge >= 0.3 is 0 Å². The van der Waals surface area contributed by atoms with Crippen molar-refractivity contribution in [2.24, 2.45) is 5.92 Å². The summed E-state index contributed by atoms with van der Waals surface area (Å²) in [7, 11) is 2.02. The highest BCUT2D eigenvalue weighted by Gasteiger charge is 1.94. The molecule has 0 saturated carbocycles. The van der Waals surface area contributed by atoms with E-state index in [1.807, 2.05) is 7.05 Å². The van der Waals surface area contributed by atoms with Gasteiger partial charge in [0.25, 0.3) is 0 Å². The second-order valence-electron chi connectivity index (χ2n) is 3.12. The van der Waals surface area contributed by atoms with Gasteiger partial charge in [0.15, 0.2) is 0 Å². The van der Waals surface area contributed by atoms with Gasteiger partial charge in [0.05, 0.1) is 5.49 Å². The first-order chi connectivity index (χ1) is 4.66. The zero-order valence-electron chi connectivity index (χ0n) is 7.13. The fourth-order valence-electron chi connectivity index (χ4n) is 0.802. The molecule has 2 heteroatoms. The summed E-state index contributed by atoms with van der Waals surface area (Å²) in [5.74, 6) is 0.818. The minimum atomic E-state index is 0.818. The molecular formula is C8H17NS. The monoisotopic (exact) mass is 159 g/mol. The Balaban J connectivity index is 3.11. The van der Waals surface area contributed by atoms with E-state index in [-0.39, 0.29) is 0 Å². The molecule has 0 heterocycles. The third kappa shape index (κ3) is 6.02. The van der Waals surface area contributed by atoms with E-state index in [2.05, 4.69) is 18.7 Å². The van der Waals surface area contributed by atoms with Crippen LogP contribution in [0, 0.1) is 5.92 Å². The molecule has 0 atom stereocenters. The second-order valence-corrected chi connectivity index (χ2v) is 3.33. The van der Waals surface area contributed by atoms with E-state index in [0.29, 0.717) is 0 Å². The van der Waals surface area contributed by atoms with Crippen molar-refractivity contribution < 1.29 is 0 Å². The summed E-state index contributed by atoms with van der Waals surface area (Å²) in [6.45, 7) is 5.59. The van der Waals surface area contributed by atoms with Crippen LogP contribution in [0.1, 0.15) is 26.7 Å². The summed E-state index contributed by atoms with van der Waals surface area (Å²) < 4.78 is 0. The van der Waals surface area contributed by atoms with Gasteiger partial charge in [-0.1, -0.05) is 26.1 Å². The predicted octanol–water partition coefficient (Wildman–Crippen LogP) is 2.31. The highest BCUT2D eigenvalue weighted by Crippen LogP contribution is 2.02. The van der Waals surface area contributed by atoms with Crippen LogP contribution in [-0.4, -0.2) is 24.0 Å². The molecule has 1 nitrogen and oxygen atoms in total. The van der Waals surface area contributed by atoms with E-state index in [0.717, 1.165) is 12.5 Å². The SMILES string of the molecule is CC(C)CCCN(C)C=S. The molecule has 0 fully saturated rings. The summed E-state index contributed by atoms with van der Waals surface area (Å²) in [6, 6.07) is 0. The summed E-state index contributed by atoms with van der Waals surface area (Å²) in [5, 5.41) is 0. The Kier molecular flexibility index (Phi) is 5.60. The Bertz CT molecular complexity index is 91.3. The molecule has 0 aromatic rings. The zero-order valence-corrected chi connectivity index (χ0v) is 7.95. The smallest absolute Gasteiger partial charge is 0.0638 e. The van der Waals surface area contributed by atoms with Crippen LogP contribution in [0.3, 0.4) is 0 Å². The number of hydrogen-bond donors (Lipinski definition) is 0. The first-order valence-electron chi connectivity index (χ1n) is 3.82. The van der Waals surface area contributed by atoms with Crippen LogP contribution in [0.4, 0.5) is 0 Å². The molecule has 0 aliphatic heterocycles. The van der Waals surface area contributed by atoms with Crippen LogP contribution in [0.5, 0.6) is 0 Å². The number of rotatable bonds is 5. The first-order valence-corrected chi connectivity index (χ1v) is 4.29. The van der Waals surface area contributed by atoms with Gasteiger partial charge in [0.1, 0.15) is 0 Å². The highest BCUT2D eigenvalue weighted by molar-refractivity contribution is 7.78. The van der Waals surface area contributed by atoms with Gasteiger partial charge < -0.3 is 4.90 Å². The highest BCUT2D eigenvalue weighted by atomic mass is 32.1. The van der Waals surface area contributed by atoms with E-state index in [9.17, 15) is 0 Å². The minimum Gasteiger partial charge on any atom is -0.372 e. The Morgan fingerprint density at radius 3 is 2.50 bits per heavy atom. The van der Waals surface area contributed by atoms with E-state index < -0.39 is 0 Å². The van der Waals surface area contributed by atoms with Crippen molar-refractivity contribution in [3.8, 4) is 0 Å². The molecule has 0 saturated heterocycles. The molecule has 60 valence electrons. The Hall–Kier alpha value is -0.110. The van der Waals surface area contributed by atoms with Crippen LogP contribution in [-0.2, 0) is 0 Å². The normalized spacial score (nSPS) is 10.0. The lowest BCUT2D eigenvalue weighted by Crippen LogP contribution is -2.16. The van der Waals surface area contributed by atoms with Gasteiger partial charge in [-0.15, -0.1) is 0 Å². The summed E-state index contributed by atoms with van der Waals surface area (Å²) in [6.07, 6.45) is 2.55. The molecule has 0 N–H and O–H groups in total. The fourth-order valence-corrected chi connectivity index (χ4v) is 0.907. The van der Waals surface area contributed by atoms with Gasteiger partial charge in [0, 0.05) is 13.6 Å². The average molecular weight is 159 g/mol. The lowest BCUT2D eigenvalue weighted by molar-refractivity contribution is 0.457. The maximum Gasteiger partial charge on any atom is 0.0638 e. The summed E-state index contributed by atoms with van der Waals surface area (Å²) >= 11 is 4.75. The minimum absolute atomic E-state index is 0.818. The summed E-state index contributed by atoms with van der Waals surface area (Å²) in [4.78, 5) is 2.05. The van der Waals surface area contributed by atoms with Crippen LogP contribution in [0.2, 0.25) is 0 Å². The Morgan fingerprint density at radius 1 is 1.50 bits per heavy atom.